The lowest BCUT2D eigenvalue weighted by Gasteiger charge is -2.38. The maximum Gasteiger partial charge on any atom is 0.235 e. The summed E-state index contributed by atoms with van der Waals surface area (Å²) < 4.78 is 2.42. The highest BCUT2D eigenvalue weighted by atomic mass is 16.2. The van der Waals surface area contributed by atoms with Gasteiger partial charge in [0, 0.05) is 24.5 Å². The minimum absolute atomic E-state index is 0.190. The Bertz CT molecular complexity index is 828. The van der Waals surface area contributed by atoms with Crippen LogP contribution in [0.3, 0.4) is 0 Å². The highest BCUT2D eigenvalue weighted by Gasteiger charge is 2.48. The second-order valence-electron chi connectivity index (χ2n) is 8.44. The van der Waals surface area contributed by atoms with Gasteiger partial charge in [-0.1, -0.05) is 37.5 Å². The molecule has 3 aliphatic rings. The quantitative estimate of drug-likeness (QED) is 0.899. The van der Waals surface area contributed by atoms with Crippen LogP contribution < -0.4 is 5.32 Å². The summed E-state index contributed by atoms with van der Waals surface area (Å²) in [6.07, 6.45) is 12.5. The van der Waals surface area contributed by atoms with Crippen molar-refractivity contribution in [1.29, 1.82) is 0 Å². The van der Waals surface area contributed by atoms with Crippen LogP contribution in [0.1, 0.15) is 62.2 Å². The highest BCUT2D eigenvalue weighted by Crippen LogP contribution is 2.44. The Morgan fingerprint density at radius 2 is 1.89 bits per heavy atom. The zero-order chi connectivity index (χ0) is 18.3. The number of aromatic nitrogens is 2. The third kappa shape index (κ3) is 2.89. The van der Waals surface area contributed by atoms with Crippen LogP contribution in [0.25, 0.3) is 0 Å². The Morgan fingerprint density at radius 1 is 1.11 bits per heavy atom. The van der Waals surface area contributed by atoms with Crippen molar-refractivity contribution in [3.63, 3.8) is 0 Å². The van der Waals surface area contributed by atoms with Gasteiger partial charge in [-0.05, 0) is 50.4 Å². The number of likely N-dealkylation sites (tertiary alicyclic amines) is 1. The number of para-hydroxylation sites is 1. The molecule has 1 aromatic heterocycles. The van der Waals surface area contributed by atoms with E-state index in [0.717, 1.165) is 38.2 Å². The van der Waals surface area contributed by atoms with Crippen LogP contribution in [0, 0.1) is 0 Å². The molecule has 0 radical (unpaired) electrons. The van der Waals surface area contributed by atoms with Crippen LogP contribution in [0.15, 0.2) is 36.8 Å². The molecule has 1 spiro atoms. The Balaban J connectivity index is 1.29. The third-order valence-corrected chi connectivity index (χ3v) is 6.94. The van der Waals surface area contributed by atoms with Gasteiger partial charge in [0.25, 0.3) is 0 Å². The van der Waals surface area contributed by atoms with E-state index in [1.54, 1.807) is 0 Å². The maximum atomic E-state index is 12.7. The number of piperidine rings is 1. The highest BCUT2D eigenvalue weighted by molar-refractivity contribution is 6.06. The van der Waals surface area contributed by atoms with E-state index in [2.05, 4.69) is 31.9 Å². The second-order valence-corrected chi connectivity index (χ2v) is 8.44. The fourth-order valence-corrected chi connectivity index (χ4v) is 5.33. The van der Waals surface area contributed by atoms with E-state index in [0.29, 0.717) is 6.04 Å². The number of amides is 1. The number of nitrogens with zero attached hydrogens (tertiary/aromatic N) is 3. The van der Waals surface area contributed by atoms with Crippen molar-refractivity contribution < 1.29 is 4.79 Å². The molecule has 142 valence electrons. The number of anilines is 1. The van der Waals surface area contributed by atoms with Crippen molar-refractivity contribution in [2.75, 3.05) is 18.4 Å². The summed E-state index contributed by atoms with van der Waals surface area (Å²) in [5.41, 5.74) is 3.21. The Kier molecular flexibility index (Phi) is 4.27. The summed E-state index contributed by atoms with van der Waals surface area (Å²) in [6, 6.07) is 8.83. The molecule has 1 saturated heterocycles. The Hall–Kier alpha value is -2.14. The molecule has 1 N–H and O–H groups in total. The van der Waals surface area contributed by atoms with Gasteiger partial charge in [-0.2, -0.15) is 0 Å². The van der Waals surface area contributed by atoms with Gasteiger partial charge < -0.3 is 9.88 Å². The number of carbonyl (C=O) groups excluding carboxylic acids is 1. The minimum Gasteiger partial charge on any atom is -0.330 e. The summed E-state index contributed by atoms with van der Waals surface area (Å²) in [4.78, 5) is 19.7. The van der Waals surface area contributed by atoms with Crippen LogP contribution in [0.2, 0.25) is 0 Å². The maximum absolute atomic E-state index is 12.7. The van der Waals surface area contributed by atoms with E-state index in [1.807, 2.05) is 24.7 Å². The van der Waals surface area contributed by atoms with Crippen molar-refractivity contribution in [2.24, 2.45) is 0 Å². The van der Waals surface area contributed by atoms with Crippen LogP contribution in [0.4, 0.5) is 5.69 Å². The summed E-state index contributed by atoms with van der Waals surface area (Å²) in [7, 11) is 0. The summed E-state index contributed by atoms with van der Waals surface area (Å²) in [5, 5.41) is 3.10. The average Bonchev–Trinajstić information content (AvgIpc) is 3.28. The lowest BCUT2D eigenvalue weighted by atomic mass is 9.73. The lowest BCUT2D eigenvalue weighted by molar-refractivity contribution is -0.122. The SMILES string of the molecule is O=C1Nc2ccccc2C12CCN(Cc1cncn1C1CCCCC1)CC2. The van der Waals surface area contributed by atoms with E-state index in [4.69, 9.17) is 0 Å². The zero-order valence-electron chi connectivity index (χ0n) is 15.9. The van der Waals surface area contributed by atoms with Gasteiger partial charge in [0.15, 0.2) is 0 Å². The molecule has 0 bridgehead atoms. The number of rotatable bonds is 3. The van der Waals surface area contributed by atoms with Gasteiger partial charge in [0.05, 0.1) is 17.4 Å². The summed E-state index contributed by atoms with van der Waals surface area (Å²) >= 11 is 0. The second kappa shape index (κ2) is 6.79. The topological polar surface area (TPSA) is 50.2 Å². The molecule has 0 atom stereocenters. The number of imidazole rings is 1. The van der Waals surface area contributed by atoms with Gasteiger partial charge in [-0.25, -0.2) is 4.98 Å². The molecule has 0 unspecified atom stereocenters. The first-order chi connectivity index (χ1) is 13.3. The van der Waals surface area contributed by atoms with E-state index in [-0.39, 0.29) is 11.3 Å². The largest absolute Gasteiger partial charge is 0.330 e. The van der Waals surface area contributed by atoms with E-state index in [1.165, 1.54) is 43.4 Å². The first kappa shape index (κ1) is 17.0. The molecule has 2 aliphatic heterocycles. The van der Waals surface area contributed by atoms with Gasteiger partial charge in [0.1, 0.15) is 0 Å². The van der Waals surface area contributed by atoms with Crippen LogP contribution >= 0.6 is 0 Å². The number of fused-ring (bicyclic) bond motifs is 2. The van der Waals surface area contributed by atoms with E-state index >= 15 is 0 Å². The molecule has 5 nitrogen and oxygen atoms in total. The molecule has 2 fully saturated rings. The predicted molar refractivity (Wildman–Crippen MR) is 106 cm³/mol. The molecule has 1 saturated carbocycles. The number of carbonyl (C=O) groups is 1. The molecule has 27 heavy (non-hydrogen) atoms. The monoisotopic (exact) mass is 364 g/mol. The van der Waals surface area contributed by atoms with E-state index < -0.39 is 0 Å². The standard InChI is InChI=1S/C22H28N4O/c27-21-22(19-8-4-5-9-20(19)24-21)10-12-25(13-11-22)15-18-14-23-16-26(18)17-6-2-1-3-7-17/h4-5,8-9,14,16-17H,1-3,6-7,10-13,15H2,(H,24,27). The average molecular weight is 364 g/mol. The van der Waals surface area contributed by atoms with Gasteiger partial charge in [-0.3, -0.25) is 9.69 Å². The van der Waals surface area contributed by atoms with Crippen molar-refractivity contribution >= 4 is 11.6 Å². The van der Waals surface area contributed by atoms with Crippen LogP contribution in [0.5, 0.6) is 0 Å². The van der Waals surface area contributed by atoms with Crippen LogP contribution in [-0.4, -0.2) is 33.4 Å². The van der Waals surface area contributed by atoms with Gasteiger partial charge in [-0.15, -0.1) is 0 Å². The van der Waals surface area contributed by atoms with Crippen molar-refractivity contribution in [2.45, 2.75) is 62.9 Å². The molecule has 1 amide bonds. The van der Waals surface area contributed by atoms with Gasteiger partial charge in [0.2, 0.25) is 5.91 Å². The number of benzene rings is 1. The summed E-state index contributed by atoms with van der Waals surface area (Å²) in [6.45, 7) is 2.85. The molecular weight excluding hydrogens is 336 g/mol. The first-order valence-electron chi connectivity index (χ1n) is 10.4. The smallest absolute Gasteiger partial charge is 0.235 e. The molecule has 3 heterocycles. The predicted octanol–water partition coefficient (Wildman–Crippen LogP) is 3.87. The molecule has 1 aliphatic carbocycles. The zero-order valence-corrected chi connectivity index (χ0v) is 15.9. The Labute approximate surface area is 160 Å². The molecular formula is C22H28N4O. The van der Waals surface area contributed by atoms with E-state index in [9.17, 15) is 4.79 Å². The minimum atomic E-state index is -0.323. The van der Waals surface area contributed by atoms with Gasteiger partial charge >= 0.3 is 0 Å². The fourth-order valence-electron chi connectivity index (χ4n) is 5.33. The first-order valence-corrected chi connectivity index (χ1v) is 10.4. The van der Waals surface area contributed by atoms with Crippen molar-refractivity contribution in [3.05, 3.63) is 48.0 Å². The fraction of sp³-hybridized carbons (Fsp3) is 0.545. The lowest BCUT2D eigenvalue weighted by Crippen LogP contribution is -2.46. The third-order valence-electron chi connectivity index (χ3n) is 6.94. The number of nitrogens with one attached hydrogen (secondary N) is 1. The normalized spacial score (nSPS) is 22.7. The number of hydrogen-bond donors (Lipinski definition) is 1. The summed E-state index contributed by atoms with van der Waals surface area (Å²) in [5.74, 6) is 0.190. The molecule has 1 aromatic carbocycles. The molecule has 5 rings (SSSR count). The Morgan fingerprint density at radius 3 is 2.70 bits per heavy atom. The number of hydrogen-bond acceptors (Lipinski definition) is 3. The molecule has 5 heteroatoms. The van der Waals surface area contributed by atoms with Crippen LogP contribution in [-0.2, 0) is 16.8 Å². The van der Waals surface area contributed by atoms with Crippen molar-refractivity contribution in [1.82, 2.24) is 14.5 Å². The molecule has 2 aromatic rings. The van der Waals surface area contributed by atoms with Crippen molar-refractivity contribution in [3.8, 4) is 0 Å².